The van der Waals surface area contributed by atoms with Gasteiger partial charge in [-0.1, -0.05) is 38.1 Å². The minimum absolute atomic E-state index is 0.0249. The van der Waals surface area contributed by atoms with E-state index in [0.29, 0.717) is 5.92 Å². The third kappa shape index (κ3) is 1.94. The van der Waals surface area contributed by atoms with Crippen molar-refractivity contribution in [1.82, 2.24) is 0 Å². The van der Waals surface area contributed by atoms with E-state index in [-0.39, 0.29) is 5.91 Å². The number of anilines is 1. The molecule has 0 atom stereocenters. The Balaban J connectivity index is 2.33. The number of hydrogen-bond acceptors (Lipinski definition) is 1. The van der Waals surface area contributed by atoms with Gasteiger partial charge in [0, 0.05) is 16.8 Å². The molecule has 1 N–H and O–H groups in total. The Morgan fingerprint density at radius 1 is 1.33 bits per heavy atom. The van der Waals surface area contributed by atoms with E-state index in [1.54, 1.807) is 0 Å². The molecule has 1 aromatic carbocycles. The Morgan fingerprint density at radius 3 is 2.80 bits per heavy atom. The third-order valence-corrected chi connectivity index (χ3v) is 2.50. The van der Waals surface area contributed by atoms with Gasteiger partial charge >= 0.3 is 0 Å². The van der Waals surface area contributed by atoms with Crippen LogP contribution in [0.4, 0.5) is 5.69 Å². The summed E-state index contributed by atoms with van der Waals surface area (Å²) in [5.41, 5.74) is 2.78. The van der Waals surface area contributed by atoms with Crippen molar-refractivity contribution in [2.24, 2.45) is 5.92 Å². The quantitative estimate of drug-likeness (QED) is 0.732. The zero-order chi connectivity index (χ0) is 10.8. The number of allylic oxidation sites excluding steroid dienone is 1. The van der Waals surface area contributed by atoms with Gasteiger partial charge in [-0.25, -0.2) is 0 Å². The maximum Gasteiger partial charge on any atom is 0.256 e. The standard InChI is InChI=1S/C13H15NO/c1-9(2)7-8-11-10-5-3-4-6-12(10)14-13(11)15/h3-6,8-9H,7H2,1-2H3,(H,14,15)/b11-8+. The molecule has 78 valence electrons. The first-order chi connectivity index (χ1) is 7.18. The summed E-state index contributed by atoms with van der Waals surface area (Å²) in [4.78, 5) is 11.7. The molecule has 2 nitrogen and oxygen atoms in total. The SMILES string of the molecule is CC(C)C/C=C1/C(=O)Nc2ccccc21. The molecule has 0 radical (unpaired) electrons. The van der Waals surface area contributed by atoms with Gasteiger partial charge in [0.2, 0.25) is 0 Å². The lowest BCUT2D eigenvalue weighted by molar-refractivity contribution is -0.110. The number of fused-ring (bicyclic) bond motifs is 1. The van der Waals surface area contributed by atoms with Gasteiger partial charge in [0.25, 0.3) is 5.91 Å². The molecular formula is C13H15NO. The predicted octanol–water partition coefficient (Wildman–Crippen LogP) is 3.07. The van der Waals surface area contributed by atoms with Crippen LogP contribution in [0.25, 0.3) is 5.57 Å². The highest BCUT2D eigenvalue weighted by Crippen LogP contribution is 2.31. The molecule has 2 rings (SSSR count). The van der Waals surface area contributed by atoms with Gasteiger partial charge in [-0.2, -0.15) is 0 Å². The molecule has 1 amide bonds. The van der Waals surface area contributed by atoms with Gasteiger partial charge in [0.05, 0.1) is 0 Å². The number of carbonyl (C=O) groups excluding carboxylic acids is 1. The third-order valence-electron chi connectivity index (χ3n) is 2.50. The second-order valence-electron chi connectivity index (χ2n) is 4.25. The van der Waals surface area contributed by atoms with Crippen LogP contribution in [0, 0.1) is 5.92 Å². The van der Waals surface area contributed by atoms with Gasteiger partial charge in [0.15, 0.2) is 0 Å². The molecule has 2 heteroatoms. The van der Waals surface area contributed by atoms with Crippen molar-refractivity contribution in [2.45, 2.75) is 20.3 Å². The van der Waals surface area contributed by atoms with Crippen LogP contribution in [-0.2, 0) is 4.79 Å². The summed E-state index contributed by atoms with van der Waals surface area (Å²) in [6.07, 6.45) is 2.98. The zero-order valence-electron chi connectivity index (χ0n) is 9.08. The summed E-state index contributed by atoms with van der Waals surface area (Å²) >= 11 is 0. The summed E-state index contributed by atoms with van der Waals surface area (Å²) in [6.45, 7) is 4.30. The highest BCUT2D eigenvalue weighted by Gasteiger charge is 2.22. The number of hydrogen-bond donors (Lipinski definition) is 1. The lowest BCUT2D eigenvalue weighted by Gasteiger charge is -2.00. The van der Waals surface area contributed by atoms with E-state index in [1.165, 1.54) is 0 Å². The Morgan fingerprint density at radius 2 is 2.07 bits per heavy atom. The minimum atomic E-state index is 0.0249. The number of para-hydroxylation sites is 1. The molecule has 1 aromatic rings. The average molecular weight is 201 g/mol. The van der Waals surface area contributed by atoms with Crippen molar-refractivity contribution in [3.05, 3.63) is 35.9 Å². The maximum absolute atomic E-state index is 11.7. The minimum Gasteiger partial charge on any atom is -0.321 e. The summed E-state index contributed by atoms with van der Waals surface area (Å²) in [5.74, 6) is 0.606. The molecule has 0 unspecified atom stereocenters. The molecule has 0 spiro atoms. The van der Waals surface area contributed by atoms with Crippen LogP contribution in [-0.4, -0.2) is 5.91 Å². The molecule has 15 heavy (non-hydrogen) atoms. The molecular weight excluding hydrogens is 186 g/mol. The van der Waals surface area contributed by atoms with Gasteiger partial charge in [-0.3, -0.25) is 4.79 Å². The van der Waals surface area contributed by atoms with Crippen molar-refractivity contribution in [2.75, 3.05) is 5.32 Å². The Bertz CT molecular complexity index is 418. The molecule has 0 saturated carbocycles. The average Bonchev–Trinajstić information content (AvgIpc) is 2.50. The van der Waals surface area contributed by atoms with Crippen LogP contribution in [0.5, 0.6) is 0 Å². The fourth-order valence-electron chi connectivity index (χ4n) is 1.70. The molecule has 0 aromatic heterocycles. The van der Waals surface area contributed by atoms with Crippen LogP contribution in [0.3, 0.4) is 0 Å². The molecule has 0 fully saturated rings. The highest BCUT2D eigenvalue weighted by molar-refractivity contribution is 6.31. The van der Waals surface area contributed by atoms with Gasteiger partial charge in [0.1, 0.15) is 0 Å². The number of amides is 1. The monoisotopic (exact) mass is 201 g/mol. The molecule has 0 saturated heterocycles. The van der Waals surface area contributed by atoms with Crippen LogP contribution < -0.4 is 5.32 Å². The fourth-order valence-corrected chi connectivity index (χ4v) is 1.70. The van der Waals surface area contributed by atoms with Crippen molar-refractivity contribution in [1.29, 1.82) is 0 Å². The lowest BCUT2D eigenvalue weighted by Crippen LogP contribution is -2.03. The summed E-state index contributed by atoms with van der Waals surface area (Å²) in [7, 11) is 0. The Hall–Kier alpha value is -1.57. The van der Waals surface area contributed by atoms with Gasteiger partial charge < -0.3 is 5.32 Å². The largest absolute Gasteiger partial charge is 0.321 e. The Labute approximate surface area is 90.0 Å². The molecule has 1 heterocycles. The zero-order valence-corrected chi connectivity index (χ0v) is 9.08. The van der Waals surface area contributed by atoms with Crippen molar-refractivity contribution in [3.63, 3.8) is 0 Å². The van der Waals surface area contributed by atoms with E-state index < -0.39 is 0 Å². The topological polar surface area (TPSA) is 29.1 Å². The first kappa shape index (κ1) is 9.97. The van der Waals surface area contributed by atoms with E-state index in [4.69, 9.17) is 0 Å². The smallest absolute Gasteiger partial charge is 0.256 e. The highest BCUT2D eigenvalue weighted by atomic mass is 16.1. The predicted molar refractivity (Wildman–Crippen MR) is 62.5 cm³/mol. The summed E-state index contributed by atoms with van der Waals surface area (Å²) in [6, 6.07) is 7.82. The maximum atomic E-state index is 11.7. The second-order valence-corrected chi connectivity index (χ2v) is 4.25. The van der Waals surface area contributed by atoms with E-state index >= 15 is 0 Å². The van der Waals surface area contributed by atoms with Crippen LogP contribution >= 0.6 is 0 Å². The van der Waals surface area contributed by atoms with Crippen LogP contribution in [0.15, 0.2) is 30.3 Å². The lowest BCUT2D eigenvalue weighted by atomic mass is 10.0. The van der Waals surface area contributed by atoms with Crippen LogP contribution in [0.1, 0.15) is 25.8 Å². The second kappa shape index (κ2) is 3.89. The van der Waals surface area contributed by atoms with Crippen molar-refractivity contribution >= 4 is 17.2 Å². The number of carbonyl (C=O) groups is 1. The summed E-state index contributed by atoms with van der Waals surface area (Å²) < 4.78 is 0. The van der Waals surface area contributed by atoms with Crippen molar-refractivity contribution < 1.29 is 4.79 Å². The normalized spacial score (nSPS) is 17.0. The number of nitrogens with one attached hydrogen (secondary N) is 1. The van der Waals surface area contributed by atoms with E-state index in [0.717, 1.165) is 23.2 Å². The first-order valence-electron chi connectivity index (χ1n) is 5.29. The van der Waals surface area contributed by atoms with Gasteiger partial charge in [-0.15, -0.1) is 0 Å². The van der Waals surface area contributed by atoms with E-state index in [9.17, 15) is 4.79 Å². The van der Waals surface area contributed by atoms with E-state index in [1.807, 2.05) is 30.3 Å². The number of rotatable bonds is 2. The fraction of sp³-hybridized carbons (Fsp3) is 0.308. The molecule has 0 aliphatic carbocycles. The first-order valence-corrected chi connectivity index (χ1v) is 5.29. The van der Waals surface area contributed by atoms with Gasteiger partial charge in [-0.05, 0) is 18.4 Å². The number of benzene rings is 1. The van der Waals surface area contributed by atoms with Crippen molar-refractivity contribution in [3.8, 4) is 0 Å². The molecule has 0 bridgehead atoms. The van der Waals surface area contributed by atoms with E-state index in [2.05, 4.69) is 19.2 Å². The Kier molecular flexibility index (Phi) is 2.58. The molecule has 1 aliphatic rings. The molecule has 1 aliphatic heterocycles. The van der Waals surface area contributed by atoms with Crippen LogP contribution in [0.2, 0.25) is 0 Å². The summed E-state index contributed by atoms with van der Waals surface area (Å²) in [5, 5.41) is 2.86.